The van der Waals surface area contributed by atoms with Gasteiger partial charge in [0.2, 0.25) is 10.8 Å². The summed E-state index contributed by atoms with van der Waals surface area (Å²) in [7, 11) is 0. The Morgan fingerprint density at radius 3 is 2.46 bits per heavy atom. The topological polar surface area (TPSA) is 94.1 Å². The van der Waals surface area contributed by atoms with E-state index >= 15 is 0 Å². The Hall–Kier alpha value is -1.52. The van der Waals surface area contributed by atoms with Crippen LogP contribution >= 0.6 is 22.7 Å². The van der Waals surface area contributed by atoms with Gasteiger partial charge in [0.1, 0.15) is 5.82 Å². The summed E-state index contributed by atoms with van der Waals surface area (Å²) in [6.45, 7) is 4.54. The molecule has 0 radical (unpaired) electrons. The van der Waals surface area contributed by atoms with E-state index in [1.165, 1.54) is 15.9 Å². The number of aryl methyl sites for hydroxylation is 2. The van der Waals surface area contributed by atoms with E-state index in [-0.39, 0.29) is 25.1 Å². The lowest BCUT2D eigenvalue weighted by Crippen LogP contribution is -2.34. The number of aliphatic hydroxyl groups excluding tert-OH is 2. The van der Waals surface area contributed by atoms with Gasteiger partial charge >= 0.3 is 0 Å². The van der Waals surface area contributed by atoms with Crippen molar-refractivity contribution in [3.05, 3.63) is 32.6 Å². The highest BCUT2D eigenvalue weighted by Crippen LogP contribution is 2.42. The highest BCUT2D eigenvalue weighted by molar-refractivity contribution is 7.17. The molecule has 0 aliphatic heterocycles. The number of aromatic nitrogens is 3. The molecule has 3 N–H and O–H groups in total. The quantitative estimate of drug-likeness (QED) is 0.586. The number of fused-ring (bicyclic) bond motifs is 1. The number of rotatable bonds is 7. The number of aromatic hydroxyl groups is 1. The molecule has 0 saturated heterocycles. The van der Waals surface area contributed by atoms with Crippen molar-refractivity contribution in [1.29, 1.82) is 0 Å². The van der Waals surface area contributed by atoms with Gasteiger partial charge in [-0.3, -0.25) is 4.90 Å². The van der Waals surface area contributed by atoms with Crippen molar-refractivity contribution in [3.8, 4) is 5.88 Å². The van der Waals surface area contributed by atoms with Gasteiger partial charge in [-0.05, 0) is 30.9 Å². The summed E-state index contributed by atoms with van der Waals surface area (Å²) in [6, 6.07) is 1.78. The van der Waals surface area contributed by atoms with Crippen molar-refractivity contribution in [2.75, 3.05) is 26.3 Å². The number of thiophene rings is 1. The maximum atomic E-state index is 10.7. The fourth-order valence-electron chi connectivity index (χ4n) is 2.77. The standard InChI is InChI=1S/C15H20N4O3S2/c1-9-3-8-23-12(9)11(18(4-6-20)5-7-21)13-14(22)19-15(24-13)16-10(2)17-19/h3,8,11,20-22H,4-7H2,1-2H3. The first-order valence-electron chi connectivity index (χ1n) is 7.61. The number of nitrogens with zero attached hydrogens (tertiary/aromatic N) is 4. The van der Waals surface area contributed by atoms with Crippen molar-refractivity contribution in [2.45, 2.75) is 19.9 Å². The van der Waals surface area contributed by atoms with Crippen LogP contribution in [0.2, 0.25) is 0 Å². The fraction of sp³-hybridized carbons (Fsp3) is 0.467. The smallest absolute Gasteiger partial charge is 0.230 e. The van der Waals surface area contributed by atoms with Gasteiger partial charge in [0, 0.05) is 18.0 Å². The van der Waals surface area contributed by atoms with Gasteiger partial charge in [0.25, 0.3) is 0 Å². The lowest BCUT2D eigenvalue weighted by atomic mass is 10.1. The molecule has 9 heteroatoms. The molecule has 130 valence electrons. The van der Waals surface area contributed by atoms with Crippen LogP contribution in [0, 0.1) is 13.8 Å². The van der Waals surface area contributed by atoms with Crippen LogP contribution in [0.3, 0.4) is 0 Å². The Morgan fingerprint density at radius 2 is 1.92 bits per heavy atom. The summed E-state index contributed by atoms with van der Waals surface area (Å²) in [6.07, 6.45) is 0. The molecule has 1 atom stereocenters. The van der Waals surface area contributed by atoms with Gasteiger partial charge in [-0.1, -0.05) is 11.3 Å². The Kier molecular flexibility index (Phi) is 5.16. The minimum atomic E-state index is -0.252. The van der Waals surface area contributed by atoms with Crippen molar-refractivity contribution in [1.82, 2.24) is 19.5 Å². The fourth-order valence-corrected chi connectivity index (χ4v) is 5.06. The van der Waals surface area contributed by atoms with Crippen molar-refractivity contribution in [3.63, 3.8) is 0 Å². The van der Waals surface area contributed by atoms with E-state index in [0.29, 0.717) is 23.9 Å². The summed E-state index contributed by atoms with van der Waals surface area (Å²) in [5, 5.41) is 35.7. The predicted octanol–water partition coefficient (Wildman–Crippen LogP) is 1.55. The molecule has 0 bridgehead atoms. The molecule has 3 aromatic rings. The van der Waals surface area contributed by atoms with Gasteiger partial charge in [0.05, 0.1) is 24.1 Å². The normalized spacial score (nSPS) is 13.2. The minimum absolute atomic E-state index is 0.0262. The van der Waals surface area contributed by atoms with Crippen LogP contribution in [-0.2, 0) is 0 Å². The highest BCUT2D eigenvalue weighted by Gasteiger charge is 2.30. The van der Waals surface area contributed by atoms with Crippen LogP contribution in [0.1, 0.15) is 27.2 Å². The SMILES string of the molecule is Cc1nc2sc(C(c3sccc3C)N(CCO)CCO)c(O)n2n1. The van der Waals surface area contributed by atoms with E-state index in [1.807, 2.05) is 23.3 Å². The Balaban J connectivity index is 2.13. The summed E-state index contributed by atoms with van der Waals surface area (Å²) >= 11 is 2.98. The van der Waals surface area contributed by atoms with E-state index in [9.17, 15) is 15.3 Å². The molecule has 0 saturated carbocycles. The summed E-state index contributed by atoms with van der Waals surface area (Å²) in [5.41, 5.74) is 1.11. The largest absolute Gasteiger partial charge is 0.492 e. The summed E-state index contributed by atoms with van der Waals surface area (Å²) in [4.78, 5) is 8.73. The molecule has 3 heterocycles. The van der Waals surface area contributed by atoms with Gasteiger partial charge < -0.3 is 15.3 Å². The molecule has 3 aromatic heterocycles. The first-order valence-corrected chi connectivity index (χ1v) is 9.31. The minimum Gasteiger partial charge on any atom is -0.492 e. The first kappa shape index (κ1) is 17.3. The molecule has 0 aromatic carbocycles. The molecule has 24 heavy (non-hydrogen) atoms. The predicted molar refractivity (Wildman–Crippen MR) is 93.9 cm³/mol. The molecule has 1 unspecified atom stereocenters. The molecule has 7 nitrogen and oxygen atoms in total. The van der Waals surface area contributed by atoms with E-state index in [1.54, 1.807) is 18.3 Å². The van der Waals surface area contributed by atoms with E-state index in [2.05, 4.69) is 10.1 Å². The third-order valence-corrected chi connectivity index (χ3v) is 5.99. The zero-order valence-corrected chi connectivity index (χ0v) is 15.1. The molecule has 0 aliphatic rings. The van der Waals surface area contributed by atoms with Gasteiger partial charge in [-0.25, -0.2) is 4.98 Å². The molecule has 0 fully saturated rings. The number of thiazole rings is 1. The zero-order chi connectivity index (χ0) is 17.3. The van der Waals surface area contributed by atoms with Crippen molar-refractivity contribution >= 4 is 27.6 Å². The third kappa shape index (κ3) is 3.05. The molecular weight excluding hydrogens is 348 g/mol. The van der Waals surface area contributed by atoms with Crippen LogP contribution in [0.25, 0.3) is 4.96 Å². The number of hydrogen-bond donors (Lipinski definition) is 3. The van der Waals surface area contributed by atoms with E-state index in [4.69, 9.17) is 0 Å². The Labute approximate surface area is 147 Å². The van der Waals surface area contributed by atoms with Crippen LogP contribution in [0.15, 0.2) is 11.4 Å². The maximum Gasteiger partial charge on any atom is 0.230 e. The summed E-state index contributed by atoms with van der Waals surface area (Å²) in [5.74, 6) is 0.670. The van der Waals surface area contributed by atoms with E-state index < -0.39 is 0 Å². The second-order valence-electron chi connectivity index (χ2n) is 5.50. The zero-order valence-electron chi connectivity index (χ0n) is 13.5. The molecule has 3 rings (SSSR count). The number of hydrogen-bond acceptors (Lipinski definition) is 8. The second-order valence-corrected chi connectivity index (χ2v) is 7.45. The van der Waals surface area contributed by atoms with E-state index in [0.717, 1.165) is 15.3 Å². The van der Waals surface area contributed by atoms with Gasteiger partial charge in [0.15, 0.2) is 0 Å². The van der Waals surface area contributed by atoms with Crippen LogP contribution in [-0.4, -0.2) is 61.1 Å². The van der Waals surface area contributed by atoms with Crippen molar-refractivity contribution < 1.29 is 15.3 Å². The van der Waals surface area contributed by atoms with Crippen LogP contribution < -0.4 is 0 Å². The Bertz CT molecular complexity index is 820. The van der Waals surface area contributed by atoms with Gasteiger partial charge in [-0.15, -0.1) is 16.4 Å². The first-order chi connectivity index (χ1) is 11.6. The van der Waals surface area contributed by atoms with Crippen molar-refractivity contribution in [2.24, 2.45) is 0 Å². The third-order valence-electron chi connectivity index (χ3n) is 3.84. The van der Waals surface area contributed by atoms with Crippen LogP contribution in [0.5, 0.6) is 5.88 Å². The maximum absolute atomic E-state index is 10.7. The Morgan fingerprint density at radius 1 is 1.21 bits per heavy atom. The lowest BCUT2D eigenvalue weighted by Gasteiger charge is -2.29. The molecule has 0 amide bonds. The monoisotopic (exact) mass is 368 g/mol. The summed E-state index contributed by atoms with van der Waals surface area (Å²) < 4.78 is 1.45. The second kappa shape index (κ2) is 7.16. The highest BCUT2D eigenvalue weighted by atomic mass is 32.1. The van der Waals surface area contributed by atoms with Crippen LogP contribution in [0.4, 0.5) is 0 Å². The molecular formula is C15H20N4O3S2. The average Bonchev–Trinajstić information content (AvgIpc) is 3.19. The molecule has 0 spiro atoms. The average molecular weight is 368 g/mol. The molecule has 0 aliphatic carbocycles. The number of aliphatic hydroxyl groups is 2. The van der Waals surface area contributed by atoms with Gasteiger partial charge in [-0.2, -0.15) is 4.52 Å². The lowest BCUT2D eigenvalue weighted by molar-refractivity contribution is 0.137.